The van der Waals surface area contributed by atoms with Crippen LogP contribution in [-0.2, 0) is 0 Å². The smallest absolute Gasteiger partial charge is 0.211 e. The maximum Gasteiger partial charge on any atom is 0.211 e. The summed E-state index contributed by atoms with van der Waals surface area (Å²) in [5.74, 6) is 1.38. The number of benzene rings is 2. The minimum atomic E-state index is -0.0181. The summed E-state index contributed by atoms with van der Waals surface area (Å²) in [6.07, 6.45) is 1.78. The molecule has 1 heterocycles. The Kier molecular flexibility index (Phi) is 3.36. The number of Topliss-reactive ketones (excluding diaryl/α,β-unsaturated/α-hetero) is 1. The fourth-order valence-electron chi connectivity index (χ4n) is 2.35. The van der Waals surface area contributed by atoms with Crippen molar-refractivity contribution in [3.05, 3.63) is 59.3 Å². The van der Waals surface area contributed by atoms with E-state index in [0.29, 0.717) is 22.8 Å². The molecule has 2 aromatic carbocycles. The van der Waals surface area contributed by atoms with Crippen LogP contribution in [-0.4, -0.2) is 20.0 Å². The molecule has 0 aromatic heterocycles. The van der Waals surface area contributed by atoms with E-state index >= 15 is 0 Å². The highest BCUT2D eigenvalue weighted by atomic mass is 16.5. The zero-order chi connectivity index (χ0) is 14.8. The molecule has 0 radical (unpaired) electrons. The second-order valence-electron chi connectivity index (χ2n) is 4.67. The van der Waals surface area contributed by atoms with Gasteiger partial charge in [0.15, 0.2) is 0 Å². The quantitative estimate of drug-likeness (QED) is 0.876. The summed E-state index contributed by atoms with van der Waals surface area (Å²) in [7, 11) is 3.20. The van der Waals surface area contributed by atoms with Gasteiger partial charge in [0.05, 0.1) is 19.9 Å². The average Bonchev–Trinajstić information content (AvgIpc) is 2.84. The van der Waals surface area contributed by atoms with Gasteiger partial charge in [-0.15, -0.1) is 0 Å². The molecule has 106 valence electrons. The maximum atomic E-state index is 12.4. The first kappa shape index (κ1) is 13.2. The van der Waals surface area contributed by atoms with Gasteiger partial charge in [0, 0.05) is 16.8 Å². The predicted molar refractivity (Wildman–Crippen MR) is 81.9 cm³/mol. The lowest BCUT2D eigenvalue weighted by Crippen LogP contribution is -2.00. The third-order valence-corrected chi connectivity index (χ3v) is 3.42. The Morgan fingerprint density at radius 3 is 2.57 bits per heavy atom. The van der Waals surface area contributed by atoms with Crippen LogP contribution in [0.25, 0.3) is 6.08 Å². The number of anilines is 1. The van der Waals surface area contributed by atoms with Crippen molar-refractivity contribution < 1.29 is 14.3 Å². The van der Waals surface area contributed by atoms with Crippen molar-refractivity contribution in [3.63, 3.8) is 0 Å². The number of ketones is 1. The summed E-state index contributed by atoms with van der Waals surface area (Å²) in [5, 5.41) is 3.14. The van der Waals surface area contributed by atoms with Crippen LogP contribution >= 0.6 is 0 Å². The molecule has 1 aliphatic rings. The molecular weight excluding hydrogens is 266 g/mol. The van der Waals surface area contributed by atoms with E-state index in [2.05, 4.69) is 5.32 Å². The molecule has 0 unspecified atom stereocenters. The van der Waals surface area contributed by atoms with Crippen LogP contribution in [0.5, 0.6) is 11.5 Å². The van der Waals surface area contributed by atoms with Crippen molar-refractivity contribution in [2.24, 2.45) is 0 Å². The van der Waals surface area contributed by atoms with Crippen molar-refractivity contribution >= 4 is 17.5 Å². The lowest BCUT2D eigenvalue weighted by Gasteiger charge is -2.08. The van der Waals surface area contributed by atoms with E-state index in [1.165, 1.54) is 0 Å². The first-order valence-corrected chi connectivity index (χ1v) is 6.57. The molecule has 0 saturated heterocycles. The Morgan fingerprint density at radius 1 is 1.05 bits per heavy atom. The molecule has 0 saturated carbocycles. The van der Waals surface area contributed by atoms with Gasteiger partial charge in [0.2, 0.25) is 5.78 Å². The topological polar surface area (TPSA) is 47.6 Å². The summed E-state index contributed by atoms with van der Waals surface area (Å²) >= 11 is 0. The lowest BCUT2D eigenvalue weighted by atomic mass is 10.1. The Morgan fingerprint density at radius 2 is 1.86 bits per heavy atom. The Labute approximate surface area is 123 Å². The third kappa shape index (κ3) is 2.36. The summed E-state index contributed by atoms with van der Waals surface area (Å²) in [6.45, 7) is 0. The van der Waals surface area contributed by atoms with E-state index in [4.69, 9.17) is 9.47 Å². The van der Waals surface area contributed by atoms with Gasteiger partial charge in [-0.25, -0.2) is 0 Å². The zero-order valence-electron chi connectivity index (χ0n) is 11.8. The number of carbonyl (C=O) groups is 1. The average molecular weight is 281 g/mol. The van der Waals surface area contributed by atoms with Gasteiger partial charge in [0.25, 0.3) is 0 Å². The molecule has 0 aliphatic carbocycles. The molecule has 0 amide bonds. The number of rotatable bonds is 3. The first-order valence-electron chi connectivity index (χ1n) is 6.57. The minimum absolute atomic E-state index is 0.0181. The van der Waals surface area contributed by atoms with Gasteiger partial charge in [0.1, 0.15) is 11.5 Å². The Balaban J connectivity index is 2.02. The Bertz CT molecular complexity index is 735. The number of nitrogens with one attached hydrogen (secondary N) is 1. The minimum Gasteiger partial charge on any atom is -0.497 e. The van der Waals surface area contributed by atoms with E-state index in [0.717, 1.165) is 11.3 Å². The van der Waals surface area contributed by atoms with Crippen LogP contribution in [0.3, 0.4) is 0 Å². The van der Waals surface area contributed by atoms with E-state index in [-0.39, 0.29) is 5.78 Å². The molecule has 0 fully saturated rings. The number of methoxy groups -OCH3 is 2. The number of para-hydroxylation sites is 1. The fraction of sp³-hybridized carbons (Fsp3) is 0.118. The van der Waals surface area contributed by atoms with Gasteiger partial charge in [-0.1, -0.05) is 12.1 Å². The van der Waals surface area contributed by atoms with Crippen LogP contribution < -0.4 is 14.8 Å². The van der Waals surface area contributed by atoms with Gasteiger partial charge >= 0.3 is 0 Å². The molecule has 4 nitrogen and oxygen atoms in total. The predicted octanol–water partition coefficient (Wildman–Crippen LogP) is 3.35. The second-order valence-corrected chi connectivity index (χ2v) is 4.67. The maximum absolute atomic E-state index is 12.4. The normalized spacial score (nSPS) is 14.8. The summed E-state index contributed by atoms with van der Waals surface area (Å²) in [4.78, 5) is 12.4. The number of ether oxygens (including phenoxy) is 2. The van der Waals surface area contributed by atoms with Gasteiger partial charge < -0.3 is 14.8 Å². The molecule has 0 bridgehead atoms. The van der Waals surface area contributed by atoms with Crippen LogP contribution in [0.2, 0.25) is 0 Å². The highest BCUT2D eigenvalue weighted by Crippen LogP contribution is 2.31. The standard InChI is InChI=1S/C17H15NO3/c1-20-12-7-8-16(21-2)11(9-12)10-15-17(19)13-5-3-4-6-14(13)18-15/h3-10,18H,1-2H3/b15-10+. The van der Waals surface area contributed by atoms with Gasteiger partial charge in [-0.3, -0.25) is 4.79 Å². The largest absolute Gasteiger partial charge is 0.497 e. The van der Waals surface area contributed by atoms with E-state index in [1.54, 1.807) is 20.3 Å². The van der Waals surface area contributed by atoms with E-state index < -0.39 is 0 Å². The summed E-state index contributed by atoms with van der Waals surface area (Å²) < 4.78 is 10.5. The van der Waals surface area contributed by atoms with Crippen molar-refractivity contribution in [2.75, 3.05) is 19.5 Å². The van der Waals surface area contributed by atoms with E-state index in [1.807, 2.05) is 42.5 Å². The number of hydrogen-bond donors (Lipinski definition) is 1. The van der Waals surface area contributed by atoms with E-state index in [9.17, 15) is 4.79 Å². The zero-order valence-corrected chi connectivity index (χ0v) is 11.8. The fourth-order valence-corrected chi connectivity index (χ4v) is 2.35. The molecule has 1 N–H and O–H groups in total. The molecule has 3 rings (SSSR count). The monoisotopic (exact) mass is 281 g/mol. The molecular formula is C17H15NO3. The molecule has 0 spiro atoms. The highest BCUT2D eigenvalue weighted by Gasteiger charge is 2.24. The van der Waals surface area contributed by atoms with Crippen LogP contribution in [0, 0.1) is 0 Å². The van der Waals surface area contributed by atoms with Crippen molar-refractivity contribution in [1.29, 1.82) is 0 Å². The van der Waals surface area contributed by atoms with Crippen LogP contribution in [0.4, 0.5) is 5.69 Å². The Hall–Kier alpha value is -2.75. The second kappa shape index (κ2) is 5.32. The highest BCUT2D eigenvalue weighted by molar-refractivity contribution is 6.20. The molecule has 1 aliphatic heterocycles. The number of allylic oxidation sites excluding steroid dienone is 1. The summed E-state index contributed by atoms with van der Waals surface area (Å²) in [5.41, 5.74) is 2.84. The van der Waals surface area contributed by atoms with Crippen molar-refractivity contribution in [1.82, 2.24) is 0 Å². The van der Waals surface area contributed by atoms with Crippen molar-refractivity contribution in [3.8, 4) is 11.5 Å². The SMILES string of the molecule is COc1ccc(OC)c(/C=C2/Nc3ccccc3C2=O)c1. The van der Waals surface area contributed by atoms with Crippen molar-refractivity contribution in [2.45, 2.75) is 0 Å². The number of fused-ring (bicyclic) bond motifs is 1. The molecule has 2 aromatic rings. The van der Waals surface area contributed by atoms with Gasteiger partial charge in [-0.05, 0) is 36.4 Å². The lowest BCUT2D eigenvalue weighted by molar-refractivity contribution is 0.104. The third-order valence-electron chi connectivity index (χ3n) is 3.42. The first-order chi connectivity index (χ1) is 10.2. The number of hydrogen-bond acceptors (Lipinski definition) is 4. The van der Waals surface area contributed by atoms with Crippen LogP contribution in [0.1, 0.15) is 15.9 Å². The number of carbonyl (C=O) groups excluding carboxylic acids is 1. The van der Waals surface area contributed by atoms with Gasteiger partial charge in [-0.2, -0.15) is 0 Å². The molecule has 0 atom stereocenters. The molecule has 21 heavy (non-hydrogen) atoms. The molecule has 4 heteroatoms. The summed E-state index contributed by atoms with van der Waals surface area (Å²) in [6, 6.07) is 12.9. The van der Waals surface area contributed by atoms with Crippen LogP contribution in [0.15, 0.2) is 48.2 Å².